The Bertz CT molecular complexity index is 910. The van der Waals surface area contributed by atoms with Crippen molar-refractivity contribution in [2.24, 2.45) is 0 Å². The molecule has 4 heterocycles. The lowest BCUT2D eigenvalue weighted by Crippen LogP contribution is -2.67. The highest BCUT2D eigenvalue weighted by Gasteiger charge is 2.54. The molecular weight excluding hydrogens is 624 g/mol. The predicted octanol–water partition coefficient (Wildman–Crippen LogP) is -9.75. The quantitative estimate of drug-likeness (QED) is 0.103. The van der Waals surface area contributed by atoms with Crippen LogP contribution in [0, 0.1) is 0 Å². The topological polar surface area (TPSA) is 348 Å². The second-order valence-corrected chi connectivity index (χ2v) is 11.1. The van der Waals surface area contributed by atoms with Gasteiger partial charge in [0, 0.05) is 0 Å². The van der Waals surface area contributed by atoms with Gasteiger partial charge in [-0.05, 0) is 0 Å². The van der Waals surface area contributed by atoms with Gasteiger partial charge in [-0.3, -0.25) is 0 Å². The SMILES string of the molecule is OC[C@@H]1OC(O[C@H]2[C@H](O)[C@@H](O)[C@@H](O[C@H]3O[C@H](CO)[C@@H](O)[C@H](O)[C@H]3O)O[C@@H]2CO)[C@@H](O)[C@H](O)[C@H]1O[C@@H]1O[C@H](CO)[C@@H](O)[C@H](O)[C@H]1O. The zero-order valence-electron chi connectivity index (χ0n) is 23.5. The van der Waals surface area contributed by atoms with Crippen LogP contribution in [0.2, 0.25) is 0 Å². The predicted molar refractivity (Wildman–Crippen MR) is 134 cm³/mol. The molecule has 0 radical (unpaired) electrons. The fourth-order valence-corrected chi connectivity index (χ4v) is 5.47. The van der Waals surface area contributed by atoms with Gasteiger partial charge < -0.3 is 105 Å². The molecule has 21 heteroatoms. The summed E-state index contributed by atoms with van der Waals surface area (Å²) in [6.07, 6.45) is -35.3. The maximum Gasteiger partial charge on any atom is 0.189 e. The Kier molecular flexibility index (Phi) is 12.8. The first-order chi connectivity index (χ1) is 21.3. The third-order valence-corrected chi connectivity index (χ3v) is 8.19. The molecular formula is C24H42O21. The van der Waals surface area contributed by atoms with Crippen LogP contribution in [-0.4, -0.2) is 221 Å². The van der Waals surface area contributed by atoms with Crippen molar-refractivity contribution in [3.8, 4) is 0 Å². The third-order valence-electron chi connectivity index (χ3n) is 8.19. The zero-order chi connectivity index (χ0) is 33.3. The van der Waals surface area contributed by atoms with Gasteiger partial charge in [0.2, 0.25) is 0 Å². The maximum absolute atomic E-state index is 10.8. The highest BCUT2D eigenvalue weighted by atomic mass is 16.8. The van der Waals surface area contributed by atoms with Crippen LogP contribution < -0.4 is 0 Å². The molecule has 264 valence electrons. The van der Waals surface area contributed by atoms with Crippen LogP contribution >= 0.6 is 0 Å². The van der Waals surface area contributed by atoms with Gasteiger partial charge in [-0.15, -0.1) is 0 Å². The van der Waals surface area contributed by atoms with Crippen molar-refractivity contribution in [2.45, 2.75) is 123 Å². The van der Waals surface area contributed by atoms with E-state index in [1.165, 1.54) is 0 Å². The molecule has 4 aliphatic heterocycles. The van der Waals surface area contributed by atoms with Crippen LogP contribution in [-0.2, 0) is 33.2 Å². The smallest absolute Gasteiger partial charge is 0.189 e. The molecule has 0 saturated carbocycles. The van der Waals surface area contributed by atoms with Crippen molar-refractivity contribution in [2.75, 3.05) is 26.4 Å². The van der Waals surface area contributed by atoms with Crippen molar-refractivity contribution in [3.05, 3.63) is 0 Å². The molecule has 0 aromatic rings. The van der Waals surface area contributed by atoms with E-state index in [0.717, 1.165) is 0 Å². The average molecular weight is 667 g/mol. The molecule has 14 N–H and O–H groups in total. The van der Waals surface area contributed by atoms with E-state index in [4.69, 9.17) is 33.2 Å². The number of hydrogen-bond donors (Lipinski definition) is 14. The summed E-state index contributed by atoms with van der Waals surface area (Å²) in [6, 6.07) is 0. The molecule has 0 aromatic carbocycles. The van der Waals surface area contributed by atoms with Crippen LogP contribution in [0.4, 0.5) is 0 Å². The zero-order valence-corrected chi connectivity index (χ0v) is 23.5. The largest absolute Gasteiger partial charge is 0.394 e. The van der Waals surface area contributed by atoms with Gasteiger partial charge in [-0.2, -0.15) is 0 Å². The van der Waals surface area contributed by atoms with Crippen molar-refractivity contribution in [1.29, 1.82) is 0 Å². The minimum atomic E-state index is -2.02. The fraction of sp³-hybridized carbons (Fsp3) is 1.00. The van der Waals surface area contributed by atoms with Gasteiger partial charge >= 0.3 is 0 Å². The first-order valence-electron chi connectivity index (χ1n) is 14.1. The molecule has 4 fully saturated rings. The normalized spacial score (nSPS) is 52.9. The van der Waals surface area contributed by atoms with Crippen molar-refractivity contribution in [3.63, 3.8) is 0 Å². The Morgan fingerprint density at radius 2 is 0.578 bits per heavy atom. The van der Waals surface area contributed by atoms with E-state index >= 15 is 0 Å². The van der Waals surface area contributed by atoms with E-state index in [1.54, 1.807) is 0 Å². The number of aliphatic hydroxyl groups excluding tert-OH is 14. The van der Waals surface area contributed by atoms with Gasteiger partial charge in [-0.1, -0.05) is 0 Å². The Balaban J connectivity index is 1.42. The van der Waals surface area contributed by atoms with E-state index in [1.807, 2.05) is 0 Å². The van der Waals surface area contributed by atoms with Gasteiger partial charge in [-0.25, -0.2) is 0 Å². The molecule has 21 nitrogen and oxygen atoms in total. The van der Waals surface area contributed by atoms with Crippen LogP contribution in [0.5, 0.6) is 0 Å². The average Bonchev–Trinajstić information content (AvgIpc) is 3.03. The van der Waals surface area contributed by atoms with Crippen LogP contribution in [0.1, 0.15) is 0 Å². The highest BCUT2D eigenvalue weighted by molar-refractivity contribution is 4.97. The van der Waals surface area contributed by atoms with Crippen molar-refractivity contribution in [1.82, 2.24) is 0 Å². The summed E-state index contributed by atoms with van der Waals surface area (Å²) < 4.78 is 37.8. The van der Waals surface area contributed by atoms with Crippen LogP contribution in [0.15, 0.2) is 0 Å². The lowest BCUT2D eigenvalue weighted by molar-refractivity contribution is -0.397. The monoisotopic (exact) mass is 666 g/mol. The van der Waals surface area contributed by atoms with Crippen molar-refractivity contribution < 1.29 is 105 Å². The summed E-state index contributed by atoms with van der Waals surface area (Å²) in [5.41, 5.74) is 0. The Morgan fingerprint density at radius 3 is 0.889 bits per heavy atom. The van der Waals surface area contributed by atoms with Gasteiger partial charge in [0.05, 0.1) is 26.4 Å². The molecule has 0 bridgehead atoms. The summed E-state index contributed by atoms with van der Waals surface area (Å²) in [5, 5.41) is 142. The van der Waals surface area contributed by atoms with Gasteiger partial charge in [0.15, 0.2) is 25.2 Å². The minimum Gasteiger partial charge on any atom is -0.394 e. The van der Waals surface area contributed by atoms with E-state index in [-0.39, 0.29) is 0 Å². The molecule has 0 spiro atoms. The molecule has 1 unspecified atom stereocenters. The summed E-state index contributed by atoms with van der Waals surface area (Å²) in [6.45, 7) is -3.36. The lowest BCUT2D eigenvalue weighted by atomic mass is 9.96. The number of aliphatic hydroxyl groups is 14. The number of rotatable bonds is 10. The Labute approximate surface area is 254 Å². The molecule has 0 aromatic heterocycles. The van der Waals surface area contributed by atoms with Gasteiger partial charge in [0.1, 0.15) is 97.7 Å². The first kappa shape index (κ1) is 37.0. The highest BCUT2D eigenvalue weighted by Crippen LogP contribution is 2.33. The summed E-state index contributed by atoms with van der Waals surface area (Å²) in [4.78, 5) is 0. The van der Waals surface area contributed by atoms with E-state index in [2.05, 4.69) is 0 Å². The van der Waals surface area contributed by atoms with E-state index in [0.29, 0.717) is 0 Å². The molecule has 4 aliphatic rings. The summed E-state index contributed by atoms with van der Waals surface area (Å²) in [7, 11) is 0. The number of hydrogen-bond acceptors (Lipinski definition) is 21. The minimum absolute atomic E-state index is 0.782. The maximum atomic E-state index is 10.8. The van der Waals surface area contributed by atoms with Crippen LogP contribution in [0.25, 0.3) is 0 Å². The number of ether oxygens (including phenoxy) is 7. The molecule has 45 heavy (non-hydrogen) atoms. The molecule has 0 amide bonds. The molecule has 0 aliphatic carbocycles. The molecule has 4 rings (SSSR count). The summed E-state index contributed by atoms with van der Waals surface area (Å²) >= 11 is 0. The second-order valence-electron chi connectivity index (χ2n) is 11.1. The third kappa shape index (κ3) is 7.44. The van der Waals surface area contributed by atoms with Gasteiger partial charge in [0.25, 0.3) is 0 Å². The Hall–Kier alpha value is -0.840. The first-order valence-corrected chi connectivity index (χ1v) is 14.1. The fourth-order valence-electron chi connectivity index (χ4n) is 5.47. The van der Waals surface area contributed by atoms with Crippen molar-refractivity contribution >= 4 is 0 Å². The Morgan fingerprint density at radius 1 is 0.311 bits per heavy atom. The van der Waals surface area contributed by atoms with E-state index < -0.39 is 149 Å². The second kappa shape index (κ2) is 15.6. The van der Waals surface area contributed by atoms with E-state index in [9.17, 15) is 71.5 Å². The summed E-state index contributed by atoms with van der Waals surface area (Å²) in [5.74, 6) is 0. The standard InChI is InChI=1S/C24H42O21/c25-1-5-9(29)11(31)15(35)21(39-5)43-19-7(3-27)41-22(17(37)13(19)33)44-20-8(4-28)42-24(18(38)14(20)34)45-23-16(36)12(32)10(30)6(2-26)40-23/h5-38H,1-4H2/t5-,6-,7+,8-,9-,10-,11+,12+,13+,14-,15-,16-,17+,18-,19+,20-,21+,22?,23-,24-/m1/s1. The molecule has 4 saturated heterocycles. The van der Waals surface area contributed by atoms with Crippen LogP contribution in [0.3, 0.4) is 0 Å². The lowest BCUT2D eigenvalue weighted by Gasteiger charge is -2.48. The molecule has 20 atom stereocenters.